The second kappa shape index (κ2) is 8.00. The number of ether oxygens (including phenoxy) is 3. The molecule has 0 unspecified atom stereocenters. The van der Waals surface area contributed by atoms with Crippen LogP contribution in [-0.4, -0.2) is 55.5 Å². The van der Waals surface area contributed by atoms with Gasteiger partial charge in [-0.25, -0.2) is 14.6 Å². The number of rotatable bonds is 6. The van der Waals surface area contributed by atoms with Gasteiger partial charge in [-0.15, -0.1) is 0 Å². The highest BCUT2D eigenvalue weighted by Gasteiger charge is 2.63. The van der Waals surface area contributed by atoms with Gasteiger partial charge in [-0.2, -0.15) is 0 Å². The van der Waals surface area contributed by atoms with Crippen molar-refractivity contribution in [3.8, 4) is 0 Å². The zero-order valence-electron chi connectivity index (χ0n) is 16.5. The van der Waals surface area contributed by atoms with Crippen LogP contribution in [0.3, 0.4) is 0 Å². The number of methoxy groups -OCH3 is 1. The van der Waals surface area contributed by atoms with E-state index in [-0.39, 0.29) is 12.0 Å². The lowest BCUT2D eigenvalue weighted by Gasteiger charge is -2.53. The Balaban J connectivity index is 1.70. The molecule has 3 aliphatic heterocycles. The average Bonchev–Trinajstić information content (AvgIpc) is 2.87. The summed E-state index contributed by atoms with van der Waals surface area (Å²) in [5.41, 5.74) is -0.620. The van der Waals surface area contributed by atoms with Crippen LogP contribution in [0.15, 0.2) is 0 Å². The Hall–Kier alpha value is -0.890. The minimum absolute atomic E-state index is 0.165. The Bertz CT molecular complexity index is 498. The first-order valence-electron chi connectivity index (χ1n) is 9.98. The maximum Gasteiger partial charge on any atom is 0.409 e. The molecule has 4 fully saturated rings. The molecule has 1 saturated carbocycles. The largest absolute Gasteiger partial charge is 0.449 e. The molecule has 7 heteroatoms. The quantitative estimate of drug-likeness (QED) is 0.666. The van der Waals surface area contributed by atoms with Crippen LogP contribution in [0, 0.1) is 11.8 Å². The highest BCUT2D eigenvalue weighted by molar-refractivity contribution is 5.67. The highest BCUT2D eigenvalue weighted by Crippen LogP contribution is 2.55. The van der Waals surface area contributed by atoms with Crippen molar-refractivity contribution >= 4 is 6.09 Å². The summed E-state index contributed by atoms with van der Waals surface area (Å²) < 4.78 is 17.4. The van der Waals surface area contributed by atoms with Crippen LogP contribution in [-0.2, 0) is 24.0 Å². The molecule has 3 heterocycles. The van der Waals surface area contributed by atoms with Crippen molar-refractivity contribution < 1.29 is 28.8 Å². The van der Waals surface area contributed by atoms with Gasteiger partial charge in [0.25, 0.3) is 0 Å². The maximum absolute atomic E-state index is 12.1. The SMILES string of the molecule is CCN(CC)C(=O)OCC[C@@H]1CCC[C@@H]2CC[C@]3(C)OO[C@]21[C@@H](OC)O3. The Morgan fingerprint density at radius 3 is 2.65 bits per heavy atom. The summed E-state index contributed by atoms with van der Waals surface area (Å²) in [5, 5.41) is 0. The lowest BCUT2D eigenvalue weighted by atomic mass is 9.65. The van der Waals surface area contributed by atoms with E-state index < -0.39 is 17.7 Å². The van der Waals surface area contributed by atoms with E-state index in [1.807, 2.05) is 20.8 Å². The van der Waals surface area contributed by atoms with E-state index in [0.717, 1.165) is 32.1 Å². The molecular formula is C19H33NO6. The third kappa shape index (κ3) is 3.46. The van der Waals surface area contributed by atoms with Gasteiger partial charge < -0.3 is 19.1 Å². The van der Waals surface area contributed by atoms with Gasteiger partial charge in [-0.1, -0.05) is 6.42 Å². The van der Waals surface area contributed by atoms with Crippen LogP contribution in [0.4, 0.5) is 4.79 Å². The first kappa shape index (κ1) is 19.9. The second-order valence-corrected chi connectivity index (χ2v) is 7.78. The van der Waals surface area contributed by atoms with Gasteiger partial charge in [0.1, 0.15) is 0 Å². The molecule has 1 aliphatic carbocycles. The molecule has 5 atom stereocenters. The Morgan fingerprint density at radius 1 is 1.19 bits per heavy atom. The van der Waals surface area contributed by atoms with Gasteiger partial charge in [0.2, 0.25) is 5.79 Å². The van der Waals surface area contributed by atoms with Gasteiger partial charge in [0, 0.05) is 26.6 Å². The van der Waals surface area contributed by atoms with E-state index in [4.69, 9.17) is 24.0 Å². The predicted octanol–water partition coefficient (Wildman–Crippen LogP) is 3.47. The Labute approximate surface area is 156 Å². The second-order valence-electron chi connectivity index (χ2n) is 7.78. The molecule has 0 aromatic heterocycles. The molecule has 1 amide bonds. The number of carbonyl (C=O) groups is 1. The normalized spacial score (nSPS) is 39.2. The molecule has 150 valence electrons. The predicted molar refractivity (Wildman–Crippen MR) is 94.1 cm³/mol. The van der Waals surface area contributed by atoms with Crippen molar-refractivity contribution in [3.05, 3.63) is 0 Å². The fraction of sp³-hybridized carbons (Fsp3) is 0.947. The monoisotopic (exact) mass is 371 g/mol. The van der Waals surface area contributed by atoms with Crippen LogP contribution in [0.25, 0.3) is 0 Å². The van der Waals surface area contributed by atoms with E-state index in [2.05, 4.69) is 0 Å². The fourth-order valence-electron chi connectivity index (χ4n) is 4.82. The summed E-state index contributed by atoms with van der Waals surface area (Å²) in [6.45, 7) is 7.48. The molecule has 4 rings (SSSR count). The number of amides is 1. The van der Waals surface area contributed by atoms with Crippen LogP contribution in [0.5, 0.6) is 0 Å². The molecule has 0 aromatic rings. The van der Waals surface area contributed by atoms with E-state index in [1.165, 1.54) is 0 Å². The van der Waals surface area contributed by atoms with Crippen molar-refractivity contribution in [1.82, 2.24) is 4.90 Å². The molecule has 0 N–H and O–H groups in total. The smallest absolute Gasteiger partial charge is 0.409 e. The van der Waals surface area contributed by atoms with E-state index in [1.54, 1.807) is 12.0 Å². The molecule has 1 spiro atoms. The van der Waals surface area contributed by atoms with E-state index in [9.17, 15) is 4.79 Å². The van der Waals surface area contributed by atoms with Crippen LogP contribution in [0.1, 0.15) is 59.3 Å². The van der Waals surface area contributed by atoms with Gasteiger partial charge >= 0.3 is 6.09 Å². The van der Waals surface area contributed by atoms with Crippen LogP contribution in [0.2, 0.25) is 0 Å². The number of fused-ring (bicyclic) bond motifs is 3. The minimum Gasteiger partial charge on any atom is -0.449 e. The van der Waals surface area contributed by atoms with E-state index >= 15 is 0 Å². The van der Waals surface area contributed by atoms with Crippen molar-refractivity contribution in [2.75, 3.05) is 26.8 Å². The molecule has 0 aromatic carbocycles. The zero-order valence-corrected chi connectivity index (χ0v) is 16.5. The molecule has 26 heavy (non-hydrogen) atoms. The van der Waals surface area contributed by atoms with Crippen molar-refractivity contribution in [2.24, 2.45) is 11.8 Å². The summed E-state index contributed by atoms with van der Waals surface area (Å²) in [7, 11) is 1.66. The van der Waals surface area contributed by atoms with Gasteiger partial charge in [0.15, 0.2) is 11.9 Å². The number of carbonyl (C=O) groups excluding carboxylic acids is 1. The maximum atomic E-state index is 12.1. The summed E-state index contributed by atoms with van der Waals surface area (Å²) in [6, 6.07) is 0. The highest BCUT2D eigenvalue weighted by atomic mass is 17.3. The van der Waals surface area contributed by atoms with Crippen LogP contribution < -0.4 is 0 Å². The topological polar surface area (TPSA) is 66.5 Å². The van der Waals surface area contributed by atoms with Crippen molar-refractivity contribution in [2.45, 2.75) is 77.0 Å². The first-order valence-corrected chi connectivity index (χ1v) is 9.98. The number of hydrogen-bond acceptors (Lipinski definition) is 6. The van der Waals surface area contributed by atoms with Gasteiger partial charge in [-0.05, 0) is 58.3 Å². The summed E-state index contributed by atoms with van der Waals surface area (Å²) in [4.78, 5) is 25.5. The molecule has 7 nitrogen and oxygen atoms in total. The number of nitrogens with zero attached hydrogens (tertiary/aromatic N) is 1. The minimum atomic E-state index is -0.747. The first-order chi connectivity index (χ1) is 12.5. The summed E-state index contributed by atoms with van der Waals surface area (Å²) in [5.74, 6) is -0.254. The third-order valence-electron chi connectivity index (χ3n) is 6.34. The summed E-state index contributed by atoms with van der Waals surface area (Å²) >= 11 is 0. The van der Waals surface area contributed by atoms with Gasteiger partial charge in [0.05, 0.1) is 6.61 Å². The Kier molecular flexibility index (Phi) is 6.11. The molecular weight excluding hydrogens is 338 g/mol. The standard InChI is InChI=1S/C19H33NO6/c1-5-20(6-2)17(21)23-13-11-15-9-7-8-14-10-12-18(3)24-16(22-4)19(14,15)26-25-18/h14-16H,5-13H2,1-4H3/t14-,15+,16+,18+,19-/m1/s1. The summed E-state index contributed by atoms with van der Waals surface area (Å²) in [6.07, 6.45) is 4.99. The van der Waals surface area contributed by atoms with E-state index in [0.29, 0.717) is 32.0 Å². The van der Waals surface area contributed by atoms with Crippen LogP contribution >= 0.6 is 0 Å². The lowest BCUT2D eigenvalue weighted by Crippen LogP contribution is -2.63. The lowest BCUT2D eigenvalue weighted by molar-refractivity contribution is -0.554. The molecule has 4 aliphatic rings. The Morgan fingerprint density at radius 2 is 1.96 bits per heavy atom. The van der Waals surface area contributed by atoms with Gasteiger partial charge in [-0.3, -0.25) is 0 Å². The third-order valence-corrected chi connectivity index (χ3v) is 6.34. The fourth-order valence-corrected chi connectivity index (χ4v) is 4.82. The average molecular weight is 371 g/mol. The van der Waals surface area contributed by atoms with Crippen molar-refractivity contribution in [1.29, 1.82) is 0 Å². The molecule has 3 saturated heterocycles. The molecule has 0 radical (unpaired) electrons. The molecule has 2 bridgehead atoms. The van der Waals surface area contributed by atoms with Crippen molar-refractivity contribution in [3.63, 3.8) is 0 Å². The zero-order chi connectivity index (χ0) is 18.8. The number of hydrogen-bond donors (Lipinski definition) is 0.